The van der Waals surface area contributed by atoms with E-state index < -0.39 is 5.82 Å². The molecule has 0 atom stereocenters. The molecule has 0 radical (unpaired) electrons. The van der Waals surface area contributed by atoms with Crippen LogP contribution < -0.4 is 14.4 Å². The van der Waals surface area contributed by atoms with E-state index in [0.717, 1.165) is 18.5 Å². The lowest BCUT2D eigenvalue weighted by molar-refractivity contribution is 0.0943. The number of hydrogen-bond donors (Lipinski definition) is 0. The van der Waals surface area contributed by atoms with Crippen LogP contribution in [0, 0.1) is 5.82 Å². The normalized spacial score (nSPS) is 17.4. The number of nitrogens with zero attached hydrogens (tertiary/aromatic N) is 1. The molecule has 0 unspecified atom stereocenters. The molecule has 0 saturated heterocycles. The average Bonchev–Trinajstić information content (AvgIpc) is 3.32. The molecule has 1 heterocycles. The van der Waals surface area contributed by atoms with Gasteiger partial charge in [-0.25, -0.2) is 4.39 Å². The van der Waals surface area contributed by atoms with Crippen molar-refractivity contribution >= 4 is 11.6 Å². The minimum Gasteiger partial charge on any atom is -0.494 e. The standard InChI is InChI=1S/C18H16FNO3/c1-22-15-7-6-12(10-13(15)19)17(21)20-11-18(8-9-18)23-16-5-3-2-4-14(16)20/h2-7,10H,8-9,11H2,1H3. The molecule has 2 aromatic carbocycles. The molecule has 2 aromatic rings. The third-order valence-corrected chi connectivity index (χ3v) is 4.38. The minimum atomic E-state index is -0.541. The predicted octanol–water partition coefficient (Wildman–Crippen LogP) is 3.41. The van der Waals surface area contributed by atoms with Crippen LogP contribution in [0.15, 0.2) is 42.5 Å². The van der Waals surface area contributed by atoms with Crippen molar-refractivity contribution in [2.24, 2.45) is 0 Å². The molecule has 0 aromatic heterocycles. The first-order chi connectivity index (χ1) is 11.1. The summed E-state index contributed by atoms with van der Waals surface area (Å²) >= 11 is 0. The van der Waals surface area contributed by atoms with Gasteiger partial charge in [0.15, 0.2) is 11.6 Å². The summed E-state index contributed by atoms with van der Waals surface area (Å²) in [4.78, 5) is 14.6. The lowest BCUT2D eigenvalue weighted by Crippen LogP contribution is -2.45. The Bertz CT molecular complexity index is 786. The van der Waals surface area contributed by atoms with Crippen LogP contribution >= 0.6 is 0 Å². The molecule has 1 amide bonds. The molecular weight excluding hydrogens is 297 g/mol. The van der Waals surface area contributed by atoms with Crippen LogP contribution in [0.5, 0.6) is 11.5 Å². The van der Waals surface area contributed by atoms with Gasteiger partial charge >= 0.3 is 0 Å². The van der Waals surface area contributed by atoms with E-state index in [1.54, 1.807) is 11.0 Å². The van der Waals surface area contributed by atoms with Crippen molar-refractivity contribution in [1.29, 1.82) is 0 Å². The van der Waals surface area contributed by atoms with Crippen molar-refractivity contribution in [2.45, 2.75) is 18.4 Å². The highest BCUT2D eigenvalue weighted by Gasteiger charge is 2.51. The molecular formula is C18H16FNO3. The maximum atomic E-state index is 13.9. The Balaban J connectivity index is 1.72. The van der Waals surface area contributed by atoms with Crippen molar-refractivity contribution in [3.05, 3.63) is 53.8 Å². The summed E-state index contributed by atoms with van der Waals surface area (Å²) in [5.74, 6) is 0.0655. The Morgan fingerprint density at radius 3 is 2.74 bits per heavy atom. The molecule has 1 saturated carbocycles. The molecule has 2 aliphatic rings. The van der Waals surface area contributed by atoms with Gasteiger partial charge in [-0.3, -0.25) is 4.79 Å². The minimum absolute atomic E-state index is 0.127. The van der Waals surface area contributed by atoms with Crippen LogP contribution in [-0.2, 0) is 0 Å². The number of anilines is 1. The van der Waals surface area contributed by atoms with Crippen molar-refractivity contribution in [3.63, 3.8) is 0 Å². The van der Waals surface area contributed by atoms with E-state index in [1.807, 2.05) is 24.3 Å². The second-order valence-corrected chi connectivity index (χ2v) is 5.99. The van der Waals surface area contributed by atoms with Gasteiger partial charge in [0.2, 0.25) is 0 Å². The highest BCUT2D eigenvalue weighted by atomic mass is 19.1. The fourth-order valence-electron chi connectivity index (χ4n) is 2.94. The Morgan fingerprint density at radius 2 is 2.04 bits per heavy atom. The molecule has 118 valence electrons. The van der Waals surface area contributed by atoms with Gasteiger partial charge < -0.3 is 14.4 Å². The van der Waals surface area contributed by atoms with Crippen molar-refractivity contribution in [1.82, 2.24) is 0 Å². The smallest absolute Gasteiger partial charge is 0.258 e. The maximum absolute atomic E-state index is 13.9. The number of ether oxygens (including phenoxy) is 2. The number of carbonyl (C=O) groups is 1. The fourth-order valence-corrected chi connectivity index (χ4v) is 2.94. The summed E-state index contributed by atoms with van der Waals surface area (Å²) in [7, 11) is 1.40. The van der Waals surface area contributed by atoms with Gasteiger partial charge in [-0.05, 0) is 43.2 Å². The number of amides is 1. The van der Waals surface area contributed by atoms with Gasteiger partial charge in [0, 0.05) is 5.56 Å². The number of hydrogen-bond acceptors (Lipinski definition) is 3. The summed E-state index contributed by atoms with van der Waals surface area (Å²) in [6, 6.07) is 11.7. The highest BCUT2D eigenvalue weighted by molar-refractivity contribution is 6.07. The average molecular weight is 313 g/mol. The van der Waals surface area contributed by atoms with Crippen LogP contribution in [0.4, 0.5) is 10.1 Å². The Labute approximate surface area is 133 Å². The molecule has 1 fully saturated rings. The number of fused-ring (bicyclic) bond motifs is 1. The van der Waals surface area contributed by atoms with E-state index in [1.165, 1.54) is 19.2 Å². The zero-order valence-electron chi connectivity index (χ0n) is 12.7. The van der Waals surface area contributed by atoms with Crippen LogP contribution in [0.3, 0.4) is 0 Å². The second-order valence-electron chi connectivity index (χ2n) is 5.99. The van der Waals surface area contributed by atoms with E-state index in [0.29, 0.717) is 17.9 Å². The summed E-state index contributed by atoms with van der Waals surface area (Å²) in [6.07, 6.45) is 1.87. The van der Waals surface area contributed by atoms with Gasteiger partial charge in [-0.1, -0.05) is 12.1 Å². The number of benzene rings is 2. The SMILES string of the molecule is COc1ccc(C(=O)N2CC3(CC3)Oc3ccccc32)cc1F. The number of carbonyl (C=O) groups excluding carboxylic acids is 1. The van der Waals surface area contributed by atoms with Crippen LogP contribution in [0.2, 0.25) is 0 Å². The molecule has 1 aliphatic heterocycles. The topological polar surface area (TPSA) is 38.8 Å². The molecule has 0 N–H and O–H groups in total. The second kappa shape index (κ2) is 4.98. The Kier molecular flexibility index (Phi) is 3.04. The van der Waals surface area contributed by atoms with Crippen LogP contribution in [-0.4, -0.2) is 25.2 Å². The zero-order valence-corrected chi connectivity index (χ0v) is 12.7. The largest absolute Gasteiger partial charge is 0.494 e. The maximum Gasteiger partial charge on any atom is 0.258 e. The number of methoxy groups -OCH3 is 1. The van der Waals surface area contributed by atoms with E-state index >= 15 is 0 Å². The van der Waals surface area contributed by atoms with Crippen LogP contribution in [0.25, 0.3) is 0 Å². The first-order valence-corrected chi connectivity index (χ1v) is 7.55. The zero-order chi connectivity index (χ0) is 16.0. The summed E-state index contributed by atoms with van der Waals surface area (Å²) in [6.45, 7) is 0.497. The summed E-state index contributed by atoms with van der Waals surface area (Å²) in [5, 5.41) is 0. The lowest BCUT2D eigenvalue weighted by Gasteiger charge is -2.35. The molecule has 4 rings (SSSR count). The van der Waals surface area contributed by atoms with Crippen molar-refractivity contribution < 1.29 is 18.7 Å². The van der Waals surface area contributed by atoms with Gasteiger partial charge in [0.1, 0.15) is 11.4 Å². The third-order valence-electron chi connectivity index (χ3n) is 4.38. The van der Waals surface area contributed by atoms with E-state index in [4.69, 9.17) is 9.47 Å². The molecule has 0 bridgehead atoms. The van der Waals surface area contributed by atoms with Gasteiger partial charge in [0.05, 0.1) is 19.3 Å². The molecule has 1 spiro atoms. The molecule has 4 nitrogen and oxygen atoms in total. The quantitative estimate of drug-likeness (QED) is 0.853. The van der Waals surface area contributed by atoms with Gasteiger partial charge in [0.25, 0.3) is 5.91 Å². The predicted molar refractivity (Wildman–Crippen MR) is 83.7 cm³/mol. The first kappa shape index (κ1) is 14.1. The molecule has 23 heavy (non-hydrogen) atoms. The monoisotopic (exact) mass is 313 g/mol. The molecule has 1 aliphatic carbocycles. The van der Waals surface area contributed by atoms with Gasteiger partial charge in [-0.2, -0.15) is 0 Å². The Hall–Kier alpha value is -2.56. The number of halogens is 1. The summed E-state index contributed by atoms with van der Waals surface area (Å²) < 4.78 is 24.8. The molecule has 5 heteroatoms. The number of rotatable bonds is 2. The van der Waals surface area contributed by atoms with E-state index in [9.17, 15) is 9.18 Å². The third kappa shape index (κ3) is 2.32. The highest BCUT2D eigenvalue weighted by Crippen LogP contribution is 2.48. The lowest BCUT2D eigenvalue weighted by atomic mass is 10.1. The van der Waals surface area contributed by atoms with E-state index in [2.05, 4.69) is 0 Å². The van der Waals surface area contributed by atoms with Crippen LogP contribution in [0.1, 0.15) is 23.2 Å². The van der Waals surface area contributed by atoms with E-state index in [-0.39, 0.29) is 17.3 Å². The fraction of sp³-hybridized carbons (Fsp3) is 0.278. The first-order valence-electron chi connectivity index (χ1n) is 7.55. The Morgan fingerprint density at radius 1 is 1.26 bits per heavy atom. The number of para-hydroxylation sites is 2. The summed E-state index contributed by atoms with van der Waals surface area (Å²) in [5.41, 5.74) is 0.761. The van der Waals surface area contributed by atoms with Gasteiger partial charge in [-0.15, -0.1) is 0 Å². The van der Waals surface area contributed by atoms with Crippen molar-refractivity contribution in [2.75, 3.05) is 18.6 Å². The van der Waals surface area contributed by atoms with Crippen molar-refractivity contribution in [3.8, 4) is 11.5 Å².